The Morgan fingerprint density at radius 1 is 1.22 bits per heavy atom. The maximum Gasteiger partial charge on any atom is 0.125 e. The standard InChI is InChI=1S/C15H21FN2/c16-13-5-4-12-6-9-18(14(12)10-13)15(11-17)7-2-1-3-8-15/h4-5,10H,1-3,6-9,11,17H2. The van der Waals surface area contributed by atoms with Crippen molar-refractivity contribution in [3.63, 3.8) is 0 Å². The first-order valence-corrected chi connectivity index (χ1v) is 7.01. The molecule has 0 atom stereocenters. The molecule has 0 amide bonds. The zero-order valence-electron chi connectivity index (χ0n) is 10.8. The Morgan fingerprint density at radius 2 is 2.00 bits per heavy atom. The Kier molecular flexibility index (Phi) is 3.02. The molecule has 1 fully saturated rings. The van der Waals surface area contributed by atoms with Gasteiger partial charge in [-0.1, -0.05) is 25.3 Å². The zero-order valence-corrected chi connectivity index (χ0v) is 10.8. The first-order valence-electron chi connectivity index (χ1n) is 7.01. The maximum absolute atomic E-state index is 13.5. The number of hydrogen-bond acceptors (Lipinski definition) is 2. The number of rotatable bonds is 2. The predicted octanol–water partition coefficient (Wildman–Crippen LogP) is 2.85. The van der Waals surface area contributed by atoms with Crippen LogP contribution >= 0.6 is 0 Å². The van der Waals surface area contributed by atoms with Gasteiger partial charge in [-0.2, -0.15) is 0 Å². The first kappa shape index (κ1) is 12.0. The Balaban J connectivity index is 1.96. The molecule has 0 spiro atoms. The summed E-state index contributed by atoms with van der Waals surface area (Å²) in [7, 11) is 0. The second-order valence-electron chi connectivity index (χ2n) is 5.66. The molecule has 1 saturated carbocycles. The summed E-state index contributed by atoms with van der Waals surface area (Å²) in [5.41, 5.74) is 8.52. The summed E-state index contributed by atoms with van der Waals surface area (Å²) in [6.07, 6.45) is 7.14. The van der Waals surface area contributed by atoms with Gasteiger partial charge in [0, 0.05) is 18.8 Å². The molecular formula is C15H21FN2. The van der Waals surface area contributed by atoms with Crippen LogP contribution < -0.4 is 10.6 Å². The van der Waals surface area contributed by atoms with E-state index in [1.165, 1.54) is 24.8 Å². The number of hydrogen-bond donors (Lipinski definition) is 1. The van der Waals surface area contributed by atoms with Gasteiger partial charge in [0.25, 0.3) is 0 Å². The maximum atomic E-state index is 13.5. The van der Waals surface area contributed by atoms with E-state index in [2.05, 4.69) is 4.90 Å². The van der Waals surface area contributed by atoms with Gasteiger partial charge >= 0.3 is 0 Å². The van der Waals surface area contributed by atoms with Gasteiger partial charge in [0.15, 0.2) is 0 Å². The van der Waals surface area contributed by atoms with E-state index >= 15 is 0 Å². The lowest BCUT2D eigenvalue weighted by Gasteiger charge is -2.45. The smallest absolute Gasteiger partial charge is 0.125 e. The summed E-state index contributed by atoms with van der Waals surface area (Å²) in [6, 6.07) is 5.18. The van der Waals surface area contributed by atoms with Gasteiger partial charge in [-0.3, -0.25) is 0 Å². The molecule has 2 N–H and O–H groups in total. The average molecular weight is 248 g/mol. The van der Waals surface area contributed by atoms with Gasteiger partial charge in [-0.05, 0) is 37.0 Å². The van der Waals surface area contributed by atoms with Crippen molar-refractivity contribution in [1.82, 2.24) is 0 Å². The number of benzene rings is 1. The highest BCUT2D eigenvalue weighted by atomic mass is 19.1. The summed E-state index contributed by atoms with van der Waals surface area (Å²) < 4.78 is 13.5. The van der Waals surface area contributed by atoms with Crippen molar-refractivity contribution in [2.75, 3.05) is 18.0 Å². The van der Waals surface area contributed by atoms with Crippen molar-refractivity contribution < 1.29 is 4.39 Å². The van der Waals surface area contributed by atoms with Gasteiger partial charge in [0.1, 0.15) is 5.82 Å². The third kappa shape index (κ3) is 1.81. The summed E-state index contributed by atoms with van der Waals surface area (Å²) >= 11 is 0. The molecule has 98 valence electrons. The Morgan fingerprint density at radius 3 is 2.72 bits per heavy atom. The SMILES string of the molecule is NCC1(N2CCc3ccc(F)cc32)CCCCC1. The summed E-state index contributed by atoms with van der Waals surface area (Å²) in [5, 5.41) is 0. The summed E-state index contributed by atoms with van der Waals surface area (Å²) in [5.74, 6) is -0.136. The highest BCUT2D eigenvalue weighted by molar-refractivity contribution is 5.60. The minimum atomic E-state index is -0.136. The molecule has 0 aromatic heterocycles. The number of anilines is 1. The van der Waals surface area contributed by atoms with Gasteiger partial charge in [-0.15, -0.1) is 0 Å². The Bertz CT molecular complexity index is 438. The van der Waals surface area contributed by atoms with Gasteiger partial charge in [0.2, 0.25) is 0 Å². The lowest BCUT2D eigenvalue weighted by molar-refractivity contribution is 0.285. The van der Waals surface area contributed by atoms with E-state index in [0.717, 1.165) is 31.5 Å². The molecule has 18 heavy (non-hydrogen) atoms. The van der Waals surface area contributed by atoms with E-state index in [0.29, 0.717) is 6.54 Å². The van der Waals surface area contributed by atoms with Crippen LogP contribution in [-0.4, -0.2) is 18.6 Å². The van der Waals surface area contributed by atoms with E-state index in [1.807, 2.05) is 6.07 Å². The molecule has 0 saturated heterocycles. The second-order valence-corrected chi connectivity index (χ2v) is 5.66. The van der Waals surface area contributed by atoms with Crippen molar-refractivity contribution in [2.45, 2.75) is 44.1 Å². The second kappa shape index (κ2) is 4.54. The minimum Gasteiger partial charge on any atom is -0.364 e. The number of halogens is 1. The van der Waals surface area contributed by atoms with Crippen LogP contribution in [0.3, 0.4) is 0 Å². The molecule has 1 aromatic rings. The van der Waals surface area contributed by atoms with Crippen molar-refractivity contribution in [3.8, 4) is 0 Å². The van der Waals surface area contributed by atoms with Crippen LogP contribution in [0.25, 0.3) is 0 Å². The molecule has 2 aliphatic rings. The van der Waals surface area contributed by atoms with Crippen molar-refractivity contribution in [1.29, 1.82) is 0 Å². The van der Waals surface area contributed by atoms with Gasteiger partial charge in [-0.25, -0.2) is 4.39 Å². The van der Waals surface area contributed by atoms with Crippen LogP contribution in [0, 0.1) is 5.82 Å². The minimum absolute atomic E-state index is 0.0806. The number of fused-ring (bicyclic) bond motifs is 1. The molecule has 0 unspecified atom stereocenters. The monoisotopic (exact) mass is 248 g/mol. The fourth-order valence-corrected chi connectivity index (χ4v) is 3.64. The molecule has 1 aliphatic heterocycles. The van der Waals surface area contributed by atoms with Gasteiger partial charge in [0.05, 0.1) is 5.54 Å². The van der Waals surface area contributed by atoms with E-state index in [1.54, 1.807) is 12.1 Å². The van der Waals surface area contributed by atoms with Crippen LogP contribution in [0.5, 0.6) is 0 Å². The topological polar surface area (TPSA) is 29.3 Å². The van der Waals surface area contributed by atoms with E-state index < -0.39 is 0 Å². The molecule has 3 rings (SSSR count). The van der Waals surface area contributed by atoms with E-state index in [9.17, 15) is 4.39 Å². The molecule has 0 radical (unpaired) electrons. The Hall–Kier alpha value is -1.09. The van der Waals surface area contributed by atoms with Crippen molar-refractivity contribution in [2.24, 2.45) is 5.73 Å². The molecule has 0 bridgehead atoms. The summed E-state index contributed by atoms with van der Waals surface area (Å²) in [4.78, 5) is 2.39. The number of nitrogens with zero attached hydrogens (tertiary/aromatic N) is 1. The first-order chi connectivity index (χ1) is 8.75. The Labute approximate surface area is 108 Å². The van der Waals surface area contributed by atoms with Crippen LogP contribution in [0.4, 0.5) is 10.1 Å². The third-order valence-electron chi connectivity index (χ3n) is 4.68. The fourth-order valence-electron chi connectivity index (χ4n) is 3.64. The predicted molar refractivity (Wildman–Crippen MR) is 72.3 cm³/mol. The third-order valence-corrected chi connectivity index (χ3v) is 4.68. The zero-order chi connectivity index (χ0) is 12.6. The molecule has 1 aliphatic carbocycles. The van der Waals surface area contributed by atoms with Crippen LogP contribution in [0.15, 0.2) is 18.2 Å². The fraction of sp³-hybridized carbons (Fsp3) is 0.600. The molecule has 3 heteroatoms. The quantitative estimate of drug-likeness (QED) is 0.872. The van der Waals surface area contributed by atoms with Crippen molar-refractivity contribution >= 4 is 5.69 Å². The van der Waals surface area contributed by atoms with Crippen LogP contribution in [0.2, 0.25) is 0 Å². The lowest BCUT2D eigenvalue weighted by atomic mass is 9.80. The highest BCUT2D eigenvalue weighted by Crippen LogP contribution is 2.40. The molecule has 1 aromatic carbocycles. The highest BCUT2D eigenvalue weighted by Gasteiger charge is 2.39. The van der Waals surface area contributed by atoms with Gasteiger partial charge < -0.3 is 10.6 Å². The molecule has 2 nitrogen and oxygen atoms in total. The number of nitrogens with two attached hydrogens (primary N) is 1. The van der Waals surface area contributed by atoms with Crippen LogP contribution in [-0.2, 0) is 6.42 Å². The largest absolute Gasteiger partial charge is 0.364 e. The average Bonchev–Trinajstić information content (AvgIpc) is 2.83. The van der Waals surface area contributed by atoms with Crippen LogP contribution in [0.1, 0.15) is 37.7 Å². The summed E-state index contributed by atoms with van der Waals surface area (Å²) in [6.45, 7) is 1.68. The van der Waals surface area contributed by atoms with E-state index in [-0.39, 0.29) is 11.4 Å². The van der Waals surface area contributed by atoms with E-state index in [4.69, 9.17) is 5.73 Å². The lowest BCUT2D eigenvalue weighted by Crippen LogP contribution is -2.54. The molecule has 1 heterocycles. The normalized spacial score (nSPS) is 22.0. The van der Waals surface area contributed by atoms with Crippen molar-refractivity contribution in [3.05, 3.63) is 29.6 Å². The molecular weight excluding hydrogens is 227 g/mol.